The lowest BCUT2D eigenvalue weighted by Gasteiger charge is -2.32. The Balaban J connectivity index is 1.34. The van der Waals surface area contributed by atoms with Gasteiger partial charge in [0.2, 0.25) is 0 Å². The highest BCUT2D eigenvalue weighted by Crippen LogP contribution is 2.35. The van der Waals surface area contributed by atoms with Gasteiger partial charge in [0.25, 0.3) is 0 Å². The first-order valence-corrected chi connectivity index (χ1v) is 10.6. The number of carbonyl (C=O) groups is 1. The SMILES string of the molecule is O=C(O)c1cccc2c1OCCN2Cc1cncn1Cc1ccc(-c2ccccc2)cc1. The average molecular weight is 425 g/mol. The summed E-state index contributed by atoms with van der Waals surface area (Å²) in [5, 5.41) is 9.47. The predicted molar refractivity (Wildman–Crippen MR) is 123 cm³/mol. The van der Waals surface area contributed by atoms with E-state index in [9.17, 15) is 9.90 Å². The summed E-state index contributed by atoms with van der Waals surface area (Å²) in [4.78, 5) is 18.1. The second kappa shape index (κ2) is 8.59. The molecule has 32 heavy (non-hydrogen) atoms. The van der Waals surface area contributed by atoms with E-state index < -0.39 is 5.97 Å². The first-order chi connectivity index (χ1) is 15.7. The lowest BCUT2D eigenvalue weighted by molar-refractivity contribution is 0.0692. The number of hydrogen-bond donors (Lipinski definition) is 1. The minimum Gasteiger partial charge on any atom is -0.489 e. The molecule has 4 aromatic rings. The average Bonchev–Trinajstić information content (AvgIpc) is 3.26. The summed E-state index contributed by atoms with van der Waals surface area (Å²) in [6.45, 7) is 2.48. The molecule has 6 heteroatoms. The van der Waals surface area contributed by atoms with Gasteiger partial charge in [-0.2, -0.15) is 0 Å². The third-order valence-corrected chi connectivity index (χ3v) is 5.74. The number of imidazole rings is 1. The number of aromatic carboxylic acids is 1. The quantitative estimate of drug-likeness (QED) is 0.485. The van der Waals surface area contributed by atoms with Crippen LogP contribution in [-0.4, -0.2) is 33.8 Å². The second-order valence-electron chi connectivity index (χ2n) is 7.80. The van der Waals surface area contributed by atoms with Gasteiger partial charge < -0.3 is 19.3 Å². The zero-order valence-electron chi connectivity index (χ0n) is 17.5. The van der Waals surface area contributed by atoms with Gasteiger partial charge in [-0.25, -0.2) is 9.78 Å². The van der Waals surface area contributed by atoms with Crippen molar-refractivity contribution in [1.82, 2.24) is 9.55 Å². The van der Waals surface area contributed by atoms with Gasteiger partial charge in [-0.05, 0) is 28.8 Å². The Morgan fingerprint density at radius 3 is 2.50 bits per heavy atom. The van der Waals surface area contributed by atoms with Crippen LogP contribution in [0, 0.1) is 0 Å². The largest absolute Gasteiger partial charge is 0.489 e. The van der Waals surface area contributed by atoms with Gasteiger partial charge in [-0.1, -0.05) is 60.7 Å². The third-order valence-electron chi connectivity index (χ3n) is 5.74. The number of anilines is 1. The van der Waals surface area contributed by atoms with Crippen LogP contribution in [0.4, 0.5) is 5.69 Å². The number of carboxylic acids is 1. The molecule has 0 bridgehead atoms. The molecule has 6 nitrogen and oxygen atoms in total. The first-order valence-electron chi connectivity index (χ1n) is 10.6. The Kier molecular flexibility index (Phi) is 5.34. The standard InChI is InChI=1S/C26H23N3O3/c30-26(31)23-7-4-8-24-25(23)32-14-13-28(24)17-22-15-27-18-29(22)16-19-9-11-21(12-10-19)20-5-2-1-3-6-20/h1-12,15,18H,13-14,16-17H2,(H,30,31). The molecular formula is C26H23N3O3. The smallest absolute Gasteiger partial charge is 0.339 e. The minimum atomic E-state index is -0.979. The van der Waals surface area contributed by atoms with Gasteiger partial charge in [0.1, 0.15) is 12.2 Å². The van der Waals surface area contributed by atoms with Gasteiger partial charge in [-0.3, -0.25) is 0 Å². The fourth-order valence-corrected chi connectivity index (χ4v) is 4.08. The van der Waals surface area contributed by atoms with Crippen LogP contribution in [0.15, 0.2) is 85.3 Å². The van der Waals surface area contributed by atoms with Gasteiger partial charge in [0, 0.05) is 12.7 Å². The van der Waals surface area contributed by atoms with Gasteiger partial charge >= 0.3 is 5.97 Å². The number of fused-ring (bicyclic) bond motifs is 1. The Labute approximate surface area is 186 Å². The molecule has 1 N–H and O–H groups in total. The van der Waals surface area contributed by atoms with Crippen LogP contribution in [0.2, 0.25) is 0 Å². The highest BCUT2D eigenvalue weighted by Gasteiger charge is 2.24. The number of carboxylic acid groups (broad SMARTS) is 1. The Morgan fingerprint density at radius 1 is 0.938 bits per heavy atom. The summed E-state index contributed by atoms with van der Waals surface area (Å²) >= 11 is 0. The summed E-state index contributed by atoms with van der Waals surface area (Å²) in [5.41, 5.74) is 5.65. The molecule has 0 amide bonds. The van der Waals surface area contributed by atoms with E-state index in [1.807, 2.05) is 36.8 Å². The molecule has 1 aliphatic heterocycles. The van der Waals surface area contributed by atoms with Crippen LogP contribution in [0.1, 0.15) is 21.6 Å². The maximum absolute atomic E-state index is 11.6. The van der Waals surface area contributed by atoms with Crippen molar-refractivity contribution < 1.29 is 14.6 Å². The molecule has 0 unspecified atom stereocenters. The van der Waals surface area contributed by atoms with Crippen molar-refractivity contribution in [1.29, 1.82) is 0 Å². The molecule has 1 aromatic heterocycles. The molecule has 0 saturated heterocycles. The molecule has 0 spiro atoms. The molecule has 0 atom stereocenters. The Morgan fingerprint density at radius 2 is 1.72 bits per heavy atom. The Hall–Kier alpha value is -4.06. The van der Waals surface area contributed by atoms with Crippen molar-refractivity contribution in [3.8, 4) is 16.9 Å². The van der Waals surface area contributed by atoms with E-state index in [1.165, 1.54) is 16.7 Å². The van der Waals surface area contributed by atoms with Crippen molar-refractivity contribution in [2.24, 2.45) is 0 Å². The van der Waals surface area contributed by atoms with E-state index in [-0.39, 0.29) is 5.56 Å². The molecule has 160 valence electrons. The van der Waals surface area contributed by atoms with Gasteiger partial charge in [0.05, 0.1) is 30.8 Å². The maximum Gasteiger partial charge on any atom is 0.339 e. The summed E-state index contributed by atoms with van der Waals surface area (Å²) in [6, 6.07) is 24.2. The predicted octanol–water partition coefficient (Wildman–Crippen LogP) is 4.70. The van der Waals surface area contributed by atoms with Crippen molar-refractivity contribution in [2.45, 2.75) is 13.1 Å². The Bertz CT molecular complexity index is 1230. The molecule has 3 aromatic carbocycles. The molecule has 1 aliphatic rings. The minimum absolute atomic E-state index is 0.194. The number of hydrogen-bond acceptors (Lipinski definition) is 4. The highest BCUT2D eigenvalue weighted by molar-refractivity contribution is 5.93. The van der Waals surface area contributed by atoms with Crippen molar-refractivity contribution in [3.05, 3.63) is 102 Å². The lowest BCUT2D eigenvalue weighted by Crippen LogP contribution is -2.33. The van der Waals surface area contributed by atoms with Gasteiger partial charge in [0.15, 0.2) is 5.75 Å². The van der Waals surface area contributed by atoms with E-state index in [2.05, 4.69) is 50.8 Å². The highest BCUT2D eigenvalue weighted by atomic mass is 16.5. The van der Waals surface area contributed by atoms with Crippen molar-refractivity contribution >= 4 is 11.7 Å². The zero-order chi connectivity index (χ0) is 21.9. The van der Waals surface area contributed by atoms with Crippen LogP contribution in [0.3, 0.4) is 0 Å². The van der Waals surface area contributed by atoms with Crippen molar-refractivity contribution in [3.63, 3.8) is 0 Å². The molecule has 0 fully saturated rings. The molecule has 2 heterocycles. The summed E-state index contributed by atoms with van der Waals surface area (Å²) in [5.74, 6) is -0.540. The second-order valence-corrected chi connectivity index (χ2v) is 7.80. The number of rotatable bonds is 6. The zero-order valence-corrected chi connectivity index (χ0v) is 17.5. The van der Waals surface area contributed by atoms with E-state index in [0.29, 0.717) is 25.4 Å². The molecule has 5 rings (SSSR count). The first kappa shape index (κ1) is 19.9. The van der Waals surface area contributed by atoms with Crippen LogP contribution >= 0.6 is 0 Å². The van der Waals surface area contributed by atoms with Crippen molar-refractivity contribution in [2.75, 3.05) is 18.1 Å². The summed E-state index contributed by atoms with van der Waals surface area (Å²) in [7, 11) is 0. The number of para-hydroxylation sites is 1. The van der Waals surface area contributed by atoms with E-state index >= 15 is 0 Å². The van der Waals surface area contributed by atoms with Crippen LogP contribution < -0.4 is 9.64 Å². The van der Waals surface area contributed by atoms with Crippen LogP contribution in [0.5, 0.6) is 5.75 Å². The topological polar surface area (TPSA) is 67.6 Å². The van der Waals surface area contributed by atoms with E-state index in [4.69, 9.17) is 4.74 Å². The number of aromatic nitrogens is 2. The molecule has 0 saturated carbocycles. The number of nitrogens with zero attached hydrogens (tertiary/aromatic N) is 3. The molecule has 0 aliphatic carbocycles. The van der Waals surface area contributed by atoms with Crippen LogP contribution in [0.25, 0.3) is 11.1 Å². The third kappa shape index (κ3) is 3.95. The van der Waals surface area contributed by atoms with Crippen LogP contribution in [-0.2, 0) is 13.1 Å². The summed E-state index contributed by atoms with van der Waals surface area (Å²) < 4.78 is 7.83. The monoisotopic (exact) mass is 425 g/mol. The summed E-state index contributed by atoms with van der Waals surface area (Å²) in [6.07, 6.45) is 3.71. The molecular weight excluding hydrogens is 402 g/mol. The van der Waals surface area contributed by atoms with E-state index in [0.717, 1.165) is 17.9 Å². The number of benzene rings is 3. The lowest BCUT2D eigenvalue weighted by atomic mass is 10.0. The fourth-order valence-electron chi connectivity index (χ4n) is 4.08. The maximum atomic E-state index is 11.6. The normalized spacial score (nSPS) is 12.8. The molecule has 0 radical (unpaired) electrons. The van der Waals surface area contributed by atoms with E-state index in [1.54, 1.807) is 12.1 Å². The van der Waals surface area contributed by atoms with Gasteiger partial charge in [-0.15, -0.1) is 0 Å². The fraction of sp³-hybridized carbons (Fsp3) is 0.154. The number of ether oxygens (including phenoxy) is 1.